The number of esters is 1. The summed E-state index contributed by atoms with van der Waals surface area (Å²) in [4.78, 5) is 32.1. The Hall–Kier alpha value is -1.90. The Kier molecular flexibility index (Phi) is 7.82. The normalized spacial score (nSPS) is 20.2. The summed E-state index contributed by atoms with van der Waals surface area (Å²) < 4.78 is 10.6. The largest absolute Gasteiger partial charge is 0.464 e. The van der Waals surface area contributed by atoms with Crippen molar-refractivity contribution in [3.05, 3.63) is 35.9 Å². The zero-order valence-electron chi connectivity index (χ0n) is 16.6. The van der Waals surface area contributed by atoms with Gasteiger partial charge in [-0.05, 0) is 45.7 Å². The molecular formula is C19H30N2O5Si. The van der Waals surface area contributed by atoms with Gasteiger partial charge in [-0.2, -0.15) is 0 Å². The fourth-order valence-corrected chi connectivity index (χ4v) is 5.18. The summed E-state index contributed by atoms with van der Waals surface area (Å²) in [7, 11) is -1.60. The molecule has 8 heteroatoms. The van der Waals surface area contributed by atoms with Crippen LogP contribution in [0.2, 0.25) is 6.04 Å². The molecule has 1 heterocycles. The first-order chi connectivity index (χ1) is 12.8. The van der Waals surface area contributed by atoms with Crippen molar-refractivity contribution < 1.29 is 23.9 Å². The first-order valence-corrected chi connectivity index (χ1v) is 11.6. The summed E-state index contributed by atoms with van der Waals surface area (Å²) in [6.45, 7) is 7.93. The van der Waals surface area contributed by atoms with E-state index in [-0.39, 0.29) is 12.6 Å². The first-order valence-electron chi connectivity index (χ1n) is 9.37. The Balaban J connectivity index is 1.96. The van der Waals surface area contributed by atoms with E-state index >= 15 is 0 Å². The van der Waals surface area contributed by atoms with E-state index in [1.807, 2.05) is 51.1 Å². The van der Waals surface area contributed by atoms with Gasteiger partial charge < -0.3 is 14.3 Å². The molecule has 2 atom stereocenters. The lowest BCUT2D eigenvalue weighted by Gasteiger charge is -2.38. The standard InChI is InChI=1S/C19H30N2O5Si/c1-5-24-17(22)16-11-12-27(14-21(16)18(23)26-19(2,3)4)20-25-13-15-9-7-6-8-10-15/h6-10,16,20,27H,5,11-14H2,1-4H3/t16-,27+/m1/s1. The van der Waals surface area contributed by atoms with Gasteiger partial charge in [0.2, 0.25) is 0 Å². The summed E-state index contributed by atoms with van der Waals surface area (Å²) in [5.41, 5.74) is 0.449. The van der Waals surface area contributed by atoms with Gasteiger partial charge in [0, 0.05) is 6.17 Å². The zero-order valence-corrected chi connectivity index (χ0v) is 17.7. The van der Waals surface area contributed by atoms with Crippen LogP contribution in [0.5, 0.6) is 0 Å². The topological polar surface area (TPSA) is 77.1 Å². The van der Waals surface area contributed by atoms with E-state index in [4.69, 9.17) is 14.3 Å². The van der Waals surface area contributed by atoms with Gasteiger partial charge in [0.15, 0.2) is 8.96 Å². The van der Waals surface area contributed by atoms with Crippen LogP contribution in [0.15, 0.2) is 30.3 Å². The minimum atomic E-state index is -1.60. The summed E-state index contributed by atoms with van der Waals surface area (Å²) >= 11 is 0. The highest BCUT2D eigenvalue weighted by Gasteiger charge is 2.39. The fraction of sp³-hybridized carbons (Fsp3) is 0.579. The van der Waals surface area contributed by atoms with Crippen LogP contribution in [0, 0.1) is 0 Å². The Morgan fingerprint density at radius 2 is 1.96 bits per heavy atom. The van der Waals surface area contributed by atoms with Crippen LogP contribution in [-0.4, -0.2) is 50.3 Å². The maximum Gasteiger partial charge on any atom is 0.410 e. The zero-order chi connectivity index (χ0) is 19.9. The summed E-state index contributed by atoms with van der Waals surface area (Å²) in [6.07, 6.45) is 0.520. The van der Waals surface area contributed by atoms with Crippen molar-refractivity contribution in [3.63, 3.8) is 0 Å². The predicted octanol–water partition coefficient (Wildman–Crippen LogP) is 2.54. The maximum absolute atomic E-state index is 12.6. The highest BCUT2D eigenvalue weighted by atomic mass is 28.3. The van der Waals surface area contributed by atoms with Crippen LogP contribution in [0.1, 0.15) is 39.7 Å². The third-order valence-corrected chi connectivity index (χ3v) is 6.46. The van der Waals surface area contributed by atoms with Crippen molar-refractivity contribution >= 4 is 21.0 Å². The molecule has 1 N–H and O–H groups in total. The van der Waals surface area contributed by atoms with Crippen molar-refractivity contribution in [2.45, 2.75) is 58.4 Å². The van der Waals surface area contributed by atoms with E-state index in [0.29, 0.717) is 19.2 Å². The summed E-state index contributed by atoms with van der Waals surface area (Å²) in [5.74, 6) is -0.374. The van der Waals surface area contributed by atoms with Crippen molar-refractivity contribution in [2.75, 3.05) is 12.8 Å². The van der Waals surface area contributed by atoms with Crippen molar-refractivity contribution in [2.24, 2.45) is 0 Å². The molecule has 150 valence electrons. The molecule has 0 saturated carbocycles. The molecule has 0 aromatic heterocycles. The number of carbonyl (C=O) groups excluding carboxylic acids is 2. The highest BCUT2D eigenvalue weighted by molar-refractivity contribution is 6.56. The second-order valence-corrected chi connectivity index (χ2v) is 10.1. The van der Waals surface area contributed by atoms with E-state index in [0.717, 1.165) is 11.6 Å². The number of hydrogen-bond donors (Lipinski definition) is 1. The van der Waals surface area contributed by atoms with E-state index in [9.17, 15) is 9.59 Å². The van der Waals surface area contributed by atoms with Crippen LogP contribution < -0.4 is 5.15 Å². The van der Waals surface area contributed by atoms with Crippen molar-refractivity contribution in [1.29, 1.82) is 0 Å². The Labute approximate surface area is 162 Å². The molecule has 1 aliphatic rings. The second-order valence-electron chi connectivity index (χ2n) is 7.57. The average molecular weight is 395 g/mol. The third kappa shape index (κ3) is 6.97. The van der Waals surface area contributed by atoms with Crippen molar-refractivity contribution in [3.8, 4) is 0 Å². The minimum absolute atomic E-state index is 0.288. The molecule has 7 nitrogen and oxygen atoms in total. The Bertz CT molecular complexity index is 620. The lowest BCUT2D eigenvalue weighted by molar-refractivity contribution is -0.149. The van der Waals surface area contributed by atoms with E-state index in [1.54, 1.807) is 6.92 Å². The summed E-state index contributed by atoms with van der Waals surface area (Å²) in [5, 5.41) is 3.15. The Morgan fingerprint density at radius 3 is 2.59 bits per heavy atom. The van der Waals surface area contributed by atoms with E-state index in [1.165, 1.54) is 4.90 Å². The van der Waals surface area contributed by atoms with Gasteiger partial charge in [0.05, 0.1) is 13.2 Å². The molecular weight excluding hydrogens is 364 g/mol. The monoisotopic (exact) mass is 394 g/mol. The number of nitrogens with zero attached hydrogens (tertiary/aromatic N) is 1. The molecule has 0 bridgehead atoms. The average Bonchev–Trinajstić information content (AvgIpc) is 2.61. The third-order valence-electron chi connectivity index (χ3n) is 4.10. The number of nitrogens with one attached hydrogen (secondary N) is 1. The van der Waals surface area contributed by atoms with Crippen LogP contribution >= 0.6 is 0 Å². The molecule has 1 saturated heterocycles. The van der Waals surface area contributed by atoms with E-state index in [2.05, 4.69) is 5.15 Å². The smallest absolute Gasteiger partial charge is 0.410 e. The van der Waals surface area contributed by atoms with Crippen molar-refractivity contribution in [1.82, 2.24) is 10.0 Å². The van der Waals surface area contributed by atoms with E-state index < -0.39 is 26.7 Å². The minimum Gasteiger partial charge on any atom is -0.464 e. The van der Waals surface area contributed by atoms with Gasteiger partial charge in [-0.3, -0.25) is 4.90 Å². The van der Waals surface area contributed by atoms with Crippen LogP contribution in [-0.2, 0) is 25.7 Å². The SMILES string of the molecule is CCOC(=O)[C@H]1CC[Si@H](NOCc2ccccc2)CN1C(=O)OC(C)(C)C. The second kappa shape index (κ2) is 9.87. The molecule has 0 aliphatic carbocycles. The number of amides is 1. The van der Waals surface area contributed by atoms with Crippen LogP contribution in [0.25, 0.3) is 0 Å². The molecule has 27 heavy (non-hydrogen) atoms. The molecule has 1 fully saturated rings. The quantitative estimate of drug-likeness (QED) is 0.454. The highest BCUT2D eigenvalue weighted by Crippen LogP contribution is 2.21. The number of rotatable bonds is 6. The Morgan fingerprint density at radius 1 is 1.26 bits per heavy atom. The van der Waals surface area contributed by atoms with Crippen LogP contribution in [0.3, 0.4) is 0 Å². The molecule has 1 amide bonds. The molecule has 1 aromatic carbocycles. The molecule has 0 spiro atoms. The first kappa shape index (κ1) is 21.4. The lowest BCUT2D eigenvalue weighted by atomic mass is 10.2. The molecule has 1 aliphatic heterocycles. The number of hydrogen-bond acceptors (Lipinski definition) is 6. The fourth-order valence-electron chi connectivity index (χ4n) is 2.89. The van der Waals surface area contributed by atoms with Gasteiger partial charge in [-0.15, -0.1) is 0 Å². The van der Waals surface area contributed by atoms with Crippen LogP contribution in [0.4, 0.5) is 4.79 Å². The number of ether oxygens (including phenoxy) is 2. The predicted molar refractivity (Wildman–Crippen MR) is 104 cm³/mol. The van der Waals surface area contributed by atoms with Gasteiger partial charge in [0.1, 0.15) is 11.6 Å². The van der Waals surface area contributed by atoms with Gasteiger partial charge in [0.25, 0.3) is 0 Å². The van der Waals surface area contributed by atoms with Gasteiger partial charge >= 0.3 is 12.1 Å². The summed E-state index contributed by atoms with van der Waals surface area (Å²) in [6, 6.07) is 10.1. The van der Waals surface area contributed by atoms with Gasteiger partial charge in [-0.1, -0.05) is 30.3 Å². The molecule has 2 rings (SSSR count). The molecule has 0 radical (unpaired) electrons. The molecule has 1 aromatic rings. The number of carbonyl (C=O) groups is 2. The van der Waals surface area contributed by atoms with Gasteiger partial charge in [-0.25, -0.2) is 14.7 Å². The number of benzene rings is 1. The lowest BCUT2D eigenvalue weighted by Crippen LogP contribution is -2.58. The molecule has 0 unspecified atom stereocenters. The maximum atomic E-state index is 12.6.